The Morgan fingerprint density at radius 1 is 1.41 bits per heavy atom. The van der Waals surface area contributed by atoms with Crippen molar-refractivity contribution in [3.05, 3.63) is 34.1 Å². The summed E-state index contributed by atoms with van der Waals surface area (Å²) in [6, 6.07) is 6.05. The molecular formula is C12H14BrN3O. The normalized spacial score (nSPS) is 10.8. The second-order valence-corrected chi connectivity index (χ2v) is 4.63. The number of nitrogens with one attached hydrogen (secondary N) is 1. The monoisotopic (exact) mass is 295 g/mol. The lowest BCUT2D eigenvalue weighted by Gasteiger charge is -1.99. The van der Waals surface area contributed by atoms with Gasteiger partial charge in [-0.3, -0.25) is 0 Å². The highest BCUT2D eigenvalue weighted by Crippen LogP contribution is 2.26. The van der Waals surface area contributed by atoms with Crippen molar-refractivity contribution in [1.82, 2.24) is 15.5 Å². The van der Waals surface area contributed by atoms with Gasteiger partial charge in [0.1, 0.15) is 0 Å². The highest BCUT2D eigenvalue weighted by molar-refractivity contribution is 9.10. The molecule has 2 aromatic rings. The number of hydrogen-bond acceptors (Lipinski definition) is 4. The molecule has 0 aliphatic carbocycles. The van der Waals surface area contributed by atoms with Crippen LogP contribution in [0.3, 0.4) is 0 Å². The third-order valence-electron chi connectivity index (χ3n) is 2.36. The Kier molecular flexibility index (Phi) is 3.91. The Morgan fingerprint density at radius 3 is 2.94 bits per heavy atom. The molecule has 90 valence electrons. The lowest BCUT2D eigenvalue weighted by atomic mass is 10.1. The van der Waals surface area contributed by atoms with Gasteiger partial charge in [0.2, 0.25) is 11.7 Å². The minimum absolute atomic E-state index is 0.604. The van der Waals surface area contributed by atoms with Crippen molar-refractivity contribution in [2.75, 3.05) is 6.54 Å². The molecule has 1 heterocycles. The minimum Gasteiger partial charge on any atom is -0.338 e. The number of hydrogen-bond donors (Lipinski definition) is 1. The first kappa shape index (κ1) is 12.3. The first-order valence-electron chi connectivity index (χ1n) is 5.50. The van der Waals surface area contributed by atoms with Crippen LogP contribution in [-0.2, 0) is 6.54 Å². The van der Waals surface area contributed by atoms with Crippen LogP contribution in [0.25, 0.3) is 11.4 Å². The maximum atomic E-state index is 5.16. The van der Waals surface area contributed by atoms with Crippen LogP contribution in [0.15, 0.2) is 27.2 Å². The third kappa shape index (κ3) is 2.92. The Morgan fingerprint density at radius 2 is 2.24 bits per heavy atom. The molecule has 0 aliphatic heterocycles. The van der Waals surface area contributed by atoms with Crippen LogP contribution in [0.4, 0.5) is 0 Å². The van der Waals surface area contributed by atoms with Gasteiger partial charge in [0.05, 0.1) is 6.54 Å². The first-order valence-corrected chi connectivity index (χ1v) is 6.30. The summed E-state index contributed by atoms with van der Waals surface area (Å²) in [5, 5.41) is 7.12. The molecule has 0 spiro atoms. The summed E-state index contributed by atoms with van der Waals surface area (Å²) < 4.78 is 6.14. The van der Waals surface area contributed by atoms with Gasteiger partial charge in [-0.2, -0.15) is 4.98 Å². The fraction of sp³-hybridized carbons (Fsp3) is 0.333. The number of nitrogens with zero attached hydrogens (tertiary/aromatic N) is 2. The molecule has 0 radical (unpaired) electrons. The van der Waals surface area contributed by atoms with Crippen LogP contribution in [-0.4, -0.2) is 16.7 Å². The van der Waals surface area contributed by atoms with Crippen LogP contribution in [0.5, 0.6) is 0 Å². The second kappa shape index (κ2) is 5.42. The Bertz CT molecular complexity index is 510. The average Bonchev–Trinajstić information content (AvgIpc) is 2.75. The van der Waals surface area contributed by atoms with Gasteiger partial charge < -0.3 is 9.84 Å². The molecule has 4 nitrogen and oxygen atoms in total. The van der Waals surface area contributed by atoms with E-state index in [1.54, 1.807) is 0 Å². The first-order chi connectivity index (χ1) is 8.20. The predicted octanol–water partition coefficient (Wildman–Crippen LogP) is 2.92. The quantitative estimate of drug-likeness (QED) is 0.942. The van der Waals surface area contributed by atoms with E-state index < -0.39 is 0 Å². The van der Waals surface area contributed by atoms with Gasteiger partial charge in [-0.05, 0) is 31.2 Å². The molecule has 1 N–H and O–H groups in total. The Hall–Kier alpha value is -1.20. The molecule has 1 aromatic carbocycles. The van der Waals surface area contributed by atoms with E-state index in [0.717, 1.165) is 16.6 Å². The van der Waals surface area contributed by atoms with Gasteiger partial charge in [-0.25, -0.2) is 0 Å². The summed E-state index contributed by atoms with van der Waals surface area (Å²) >= 11 is 3.51. The lowest BCUT2D eigenvalue weighted by Crippen LogP contribution is -2.11. The largest absolute Gasteiger partial charge is 0.338 e. The molecule has 0 bridgehead atoms. The van der Waals surface area contributed by atoms with Crippen LogP contribution in [0.2, 0.25) is 0 Å². The molecular weight excluding hydrogens is 282 g/mol. The van der Waals surface area contributed by atoms with E-state index in [0.29, 0.717) is 18.3 Å². The van der Waals surface area contributed by atoms with Crippen LogP contribution >= 0.6 is 15.9 Å². The van der Waals surface area contributed by atoms with E-state index in [9.17, 15) is 0 Å². The maximum absolute atomic E-state index is 5.16. The molecule has 0 saturated carbocycles. The van der Waals surface area contributed by atoms with Gasteiger partial charge in [0.15, 0.2) is 0 Å². The van der Waals surface area contributed by atoms with Crippen molar-refractivity contribution >= 4 is 15.9 Å². The molecule has 0 unspecified atom stereocenters. The van der Waals surface area contributed by atoms with E-state index in [1.807, 2.05) is 32.0 Å². The molecule has 0 atom stereocenters. The van der Waals surface area contributed by atoms with E-state index >= 15 is 0 Å². The zero-order valence-corrected chi connectivity index (χ0v) is 11.4. The second-order valence-electron chi connectivity index (χ2n) is 3.78. The predicted molar refractivity (Wildman–Crippen MR) is 69.6 cm³/mol. The summed E-state index contributed by atoms with van der Waals surface area (Å²) in [5.74, 6) is 1.22. The summed E-state index contributed by atoms with van der Waals surface area (Å²) in [4.78, 5) is 4.34. The molecule has 0 aliphatic rings. The zero-order chi connectivity index (χ0) is 12.3. The maximum Gasteiger partial charge on any atom is 0.240 e. The molecule has 0 fully saturated rings. The average molecular weight is 296 g/mol. The van der Waals surface area contributed by atoms with E-state index in [2.05, 4.69) is 31.4 Å². The van der Waals surface area contributed by atoms with Gasteiger partial charge in [-0.1, -0.05) is 34.1 Å². The molecule has 1 aromatic heterocycles. The number of halogens is 1. The fourth-order valence-electron chi connectivity index (χ4n) is 1.47. The summed E-state index contributed by atoms with van der Waals surface area (Å²) in [5.41, 5.74) is 2.14. The van der Waals surface area contributed by atoms with E-state index in [-0.39, 0.29) is 0 Å². The van der Waals surface area contributed by atoms with Crippen LogP contribution < -0.4 is 5.32 Å². The molecule has 0 amide bonds. The number of benzene rings is 1. The summed E-state index contributed by atoms with van der Waals surface area (Å²) in [6.07, 6.45) is 0. The van der Waals surface area contributed by atoms with Gasteiger partial charge in [-0.15, -0.1) is 0 Å². The topological polar surface area (TPSA) is 51.0 Å². The number of aryl methyl sites for hydroxylation is 1. The van der Waals surface area contributed by atoms with Crippen LogP contribution in [0, 0.1) is 6.92 Å². The highest BCUT2D eigenvalue weighted by atomic mass is 79.9. The Labute approximate surface area is 109 Å². The van der Waals surface area contributed by atoms with Crippen LogP contribution in [0.1, 0.15) is 18.4 Å². The number of aromatic nitrogens is 2. The van der Waals surface area contributed by atoms with Crippen molar-refractivity contribution in [2.24, 2.45) is 0 Å². The number of rotatable bonds is 4. The van der Waals surface area contributed by atoms with Gasteiger partial charge in [0, 0.05) is 10.0 Å². The molecule has 5 heteroatoms. The van der Waals surface area contributed by atoms with Gasteiger partial charge in [0.25, 0.3) is 0 Å². The zero-order valence-electron chi connectivity index (χ0n) is 9.83. The summed E-state index contributed by atoms with van der Waals surface area (Å²) in [7, 11) is 0. The SMILES string of the molecule is CCNCc1nc(-c2ccc(C)cc2Br)no1. The molecule has 17 heavy (non-hydrogen) atoms. The van der Waals surface area contributed by atoms with Crippen molar-refractivity contribution in [1.29, 1.82) is 0 Å². The fourth-order valence-corrected chi connectivity index (χ4v) is 2.14. The molecule has 2 rings (SSSR count). The van der Waals surface area contributed by atoms with E-state index in [4.69, 9.17) is 4.52 Å². The molecule has 0 saturated heterocycles. The minimum atomic E-state index is 0.604. The summed E-state index contributed by atoms with van der Waals surface area (Å²) in [6.45, 7) is 5.56. The van der Waals surface area contributed by atoms with E-state index in [1.165, 1.54) is 5.56 Å². The van der Waals surface area contributed by atoms with Crippen molar-refractivity contribution < 1.29 is 4.52 Å². The van der Waals surface area contributed by atoms with Gasteiger partial charge >= 0.3 is 0 Å². The standard InChI is InChI=1S/C12H14BrN3O/c1-3-14-7-11-15-12(16-17-11)9-5-4-8(2)6-10(9)13/h4-6,14H,3,7H2,1-2H3. The Balaban J connectivity index is 2.24. The van der Waals surface area contributed by atoms with Crippen molar-refractivity contribution in [3.8, 4) is 11.4 Å². The van der Waals surface area contributed by atoms with Crippen molar-refractivity contribution in [2.45, 2.75) is 20.4 Å². The third-order valence-corrected chi connectivity index (χ3v) is 3.02. The van der Waals surface area contributed by atoms with Crippen molar-refractivity contribution in [3.63, 3.8) is 0 Å². The lowest BCUT2D eigenvalue weighted by molar-refractivity contribution is 0.369. The smallest absolute Gasteiger partial charge is 0.240 e. The highest BCUT2D eigenvalue weighted by Gasteiger charge is 2.11.